The molecular formula is C15H22N4O3. The van der Waals surface area contributed by atoms with Gasteiger partial charge in [0.15, 0.2) is 0 Å². The summed E-state index contributed by atoms with van der Waals surface area (Å²) < 4.78 is 11.1. The topological polar surface area (TPSA) is 80.9 Å². The molecule has 0 aliphatic carbocycles. The zero-order valence-corrected chi connectivity index (χ0v) is 12.6. The van der Waals surface area contributed by atoms with Crippen molar-refractivity contribution in [3.8, 4) is 0 Å². The van der Waals surface area contributed by atoms with Gasteiger partial charge in [0.1, 0.15) is 5.82 Å². The Bertz CT molecular complexity index is 511. The van der Waals surface area contributed by atoms with Gasteiger partial charge in [-0.2, -0.15) is 0 Å². The number of nitrogens with two attached hydrogens (primary N) is 1. The molecule has 120 valence electrons. The summed E-state index contributed by atoms with van der Waals surface area (Å²) in [6.45, 7) is 6.41. The van der Waals surface area contributed by atoms with Crippen LogP contribution in [0.5, 0.6) is 0 Å². The van der Waals surface area contributed by atoms with E-state index in [1.807, 2.05) is 0 Å². The van der Waals surface area contributed by atoms with Crippen LogP contribution in [0.25, 0.3) is 0 Å². The number of primary amides is 1. The zero-order valence-electron chi connectivity index (χ0n) is 12.6. The van der Waals surface area contributed by atoms with Crippen LogP contribution in [0.15, 0.2) is 18.3 Å². The quantitative estimate of drug-likeness (QED) is 0.824. The Balaban J connectivity index is 1.56. The van der Waals surface area contributed by atoms with Crippen molar-refractivity contribution in [2.24, 2.45) is 5.73 Å². The van der Waals surface area contributed by atoms with E-state index in [1.54, 1.807) is 18.3 Å². The number of rotatable bonds is 4. The van der Waals surface area contributed by atoms with Crippen molar-refractivity contribution in [2.45, 2.75) is 6.10 Å². The van der Waals surface area contributed by atoms with Crippen molar-refractivity contribution in [3.63, 3.8) is 0 Å². The SMILES string of the molecule is NC(=O)c1cccnc1N1CCN(CC2COCCO2)CC1. The van der Waals surface area contributed by atoms with Gasteiger partial charge in [-0.1, -0.05) is 0 Å². The second kappa shape index (κ2) is 7.04. The van der Waals surface area contributed by atoms with Crippen LogP contribution < -0.4 is 10.6 Å². The fourth-order valence-electron chi connectivity index (χ4n) is 2.91. The van der Waals surface area contributed by atoms with Crippen LogP contribution >= 0.6 is 0 Å². The lowest BCUT2D eigenvalue weighted by molar-refractivity contribution is -0.0977. The summed E-state index contributed by atoms with van der Waals surface area (Å²) in [5, 5.41) is 0. The Kier molecular flexibility index (Phi) is 4.87. The van der Waals surface area contributed by atoms with Crippen molar-refractivity contribution in [2.75, 3.05) is 57.4 Å². The van der Waals surface area contributed by atoms with E-state index in [9.17, 15) is 4.79 Å². The third-order valence-corrected chi connectivity index (χ3v) is 4.07. The molecule has 0 bridgehead atoms. The van der Waals surface area contributed by atoms with Crippen LogP contribution in [0.2, 0.25) is 0 Å². The molecular weight excluding hydrogens is 284 g/mol. The molecule has 2 aliphatic rings. The molecule has 7 nitrogen and oxygen atoms in total. The Labute approximate surface area is 130 Å². The summed E-state index contributed by atoms with van der Waals surface area (Å²) in [5.41, 5.74) is 5.91. The van der Waals surface area contributed by atoms with Gasteiger partial charge in [0, 0.05) is 38.9 Å². The highest BCUT2D eigenvalue weighted by molar-refractivity contribution is 5.97. The smallest absolute Gasteiger partial charge is 0.252 e. The minimum absolute atomic E-state index is 0.163. The molecule has 7 heteroatoms. The molecule has 1 aromatic rings. The fraction of sp³-hybridized carbons (Fsp3) is 0.600. The number of anilines is 1. The van der Waals surface area contributed by atoms with Gasteiger partial charge >= 0.3 is 0 Å². The number of amides is 1. The summed E-state index contributed by atoms with van der Waals surface area (Å²) in [7, 11) is 0. The van der Waals surface area contributed by atoms with E-state index >= 15 is 0 Å². The number of nitrogens with zero attached hydrogens (tertiary/aromatic N) is 3. The van der Waals surface area contributed by atoms with Gasteiger partial charge < -0.3 is 20.1 Å². The maximum Gasteiger partial charge on any atom is 0.252 e. The van der Waals surface area contributed by atoms with E-state index in [0.29, 0.717) is 31.2 Å². The first-order valence-electron chi connectivity index (χ1n) is 7.65. The third-order valence-electron chi connectivity index (χ3n) is 4.07. The monoisotopic (exact) mass is 306 g/mol. The zero-order chi connectivity index (χ0) is 15.4. The Morgan fingerprint density at radius 3 is 2.82 bits per heavy atom. The van der Waals surface area contributed by atoms with Crippen LogP contribution in [-0.2, 0) is 9.47 Å². The molecule has 2 saturated heterocycles. The van der Waals surface area contributed by atoms with Gasteiger partial charge in [0.05, 0.1) is 31.5 Å². The molecule has 1 aromatic heterocycles. The van der Waals surface area contributed by atoms with Gasteiger partial charge in [0.25, 0.3) is 5.91 Å². The first-order chi connectivity index (χ1) is 10.7. The number of carbonyl (C=O) groups is 1. The van der Waals surface area contributed by atoms with Crippen LogP contribution in [0.4, 0.5) is 5.82 Å². The van der Waals surface area contributed by atoms with E-state index in [4.69, 9.17) is 15.2 Å². The molecule has 22 heavy (non-hydrogen) atoms. The minimum atomic E-state index is -0.432. The van der Waals surface area contributed by atoms with Gasteiger partial charge in [-0.3, -0.25) is 9.69 Å². The summed E-state index contributed by atoms with van der Waals surface area (Å²) in [6.07, 6.45) is 1.86. The van der Waals surface area contributed by atoms with E-state index in [1.165, 1.54) is 0 Å². The average Bonchev–Trinajstić information content (AvgIpc) is 2.56. The standard InChI is InChI=1S/C15H22N4O3/c16-14(20)13-2-1-3-17-15(13)19-6-4-18(5-7-19)10-12-11-21-8-9-22-12/h1-3,12H,4-11H2,(H2,16,20). The highest BCUT2D eigenvalue weighted by atomic mass is 16.6. The van der Waals surface area contributed by atoms with Crippen LogP contribution in [0.1, 0.15) is 10.4 Å². The maximum absolute atomic E-state index is 11.5. The molecule has 0 spiro atoms. The van der Waals surface area contributed by atoms with Crippen molar-refractivity contribution in [1.29, 1.82) is 0 Å². The van der Waals surface area contributed by atoms with Crippen molar-refractivity contribution < 1.29 is 14.3 Å². The van der Waals surface area contributed by atoms with Crippen LogP contribution in [0, 0.1) is 0 Å². The molecule has 3 rings (SSSR count). The Morgan fingerprint density at radius 2 is 2.14 bits per heavy atom. The lowest BCUT2D eigenvalue weighted by Crippen LogP contribution is -2.50. The van der Waals surface area contributed by atoms with E-state index < -0.39 is 5.91 Å². The molecule has 0 saturated carbocycles. The van der Waals surface area contributed by atoms with Crippen LogP contribution in [-0.4, -0.2) is 74.4 Å². The van der Waals surface area contributed by atoms with E-state index in [0.717, 1.165) is 32.7 Å². The number of hydrogen-bond donors (Lipinski definition) is 1. The number of aromatic nitrogens is 1. The minimum Gasteiger partial charge on any atom is -0.376 e. The molecule has 2 aliphatic heterocycles. The molecule has 1 amide bonds. The van der Waals surface area contributed by atoms with Crippen molar-refractivity contribution in [3.05, 3.63) is 23.9 Å². The second-order valence-electron chi connectivity index (χ2n) is 5.59. The van der Waals surface area contributed by atoms with E-state index in [2.05, 4.69) is 14.8 Å². The fourth-order valence-corrected chi connectivity index (χ4v) is 2.91. The molecule has 0 radical (unpaired) electrons. The molecule has 1 atom stereocenters. The van der Waals surface area contributed by atoms with Gasteiger partial charge in [-0.25, -0.2) is 4.98 Å². The molecule has 3 heterocycles. The predicted octanol–water partition coefficient (Wildman–Crippen LogP) is -0.282. The number of hydrogen-bond acceptors (Lipinski definition) is 6. The van der Waals surface area contributed by atoms with Gasteiger partial charge in [0.2, 0.25) is 0 Å². The third kappa shape index (κ3) is 3.55. The summed E-state index contributed by atoms with van der Waals surface area (Å²) >= 11 is 0. The van der Waals surface area contributed by atoms with Gasteiger partial charge in [-0.05, 0) is 12.1 Å². The number of pyridine rings is 1. The van der Waals surface area contributed by atoms with Crippen LogP contribution in [0.3, 0.4) is 0 Å². The Hall–Kier alpha value is -1.70. The maximum atomic E-state index is 11.5. The van der Waals surface area contributed by atoms with Crippen molar-refractivity contribution >= 4 is 11.7 Å². The summed E-state index contributed by atoms with van der Waals surface area (Å²) in [6, 6.07) is 3.46. The molecule has 0 aromatic carbocycles. The second-order valence-corrected chi connectivity index (χ2v) is 5.59. The lowest BCUT2D eigenvalue weighted by Gasteiger charge is -2.37. The molecule has 2 fully saturated rings. The van der Waals surface area contributed by atoms with Gasteiger partial charge in [-0.15, -0.1) is 0 Å². The highest BCUT2D eigenvalue weighted by Gasteiger charge is 2.24. The van der Waals surface area contributed by atoms with E-state index in [-0.39, 0.29) is 6.10 Å². The number of ether oxygens (including phenoxy) is 2. The lowest BCUT2D eigenvalue weighted by atomic mass is 10.2. The number of carbonyl (C=O) groups excluding carboxylic acids is 1. The predicted molar refractivity (Wildman–Crippen MR) is 82.0 cm³/mol. The number of piperazine rings is 1. The first kappa shape index (κ1) is 15.2. The van der Waals surface area contributed by atoms with Crippen molar-refractivity contribution in [1.82, 2.24) is 9.88 Å². The summed E-state index contributed by atoms with van der Waals surface area (Å²) in [5.74, 6) is 0.255. The highest BCUT2D eigenvalue weighted by Crippen LogP contribution is 2.18. The first-order valence-corrected chi connectivity index (χ1v) is 7.65. The average molecular weight is 306 g/mol. The summed E-state index contributed by atoms with van der Waals surface area (Å²) in [4.78, 5) is 20.3. The largest absolute Gasteiger partial charge is 0.376 e. The molecule has 2 N–H and O–H groups in total. The normalized spacial score (nSPS) is 23.5. The Morgan fingerprint density at radius 1 is 1.32 bits per heavy atom. The molecule has 1 unspecified atom stereocenters.